The monoisotopic (exact) mass is 230 g/mol. The van der Waals surface area contributed by atoms with Crippen molar-refractivity contribution >= 4 is 15.9 Å². The Morgan fingerprint density at radius 3 is 2.08 bits per heavy atom. The van der Waals surface area contributed by atoms with Crippen molar-refractivity contribution in [2.24, 2.45) is 11.8 Å². The van der Waals surface area contributed by atoms with E-state index in [4.69, 9.17) is 0 Å². The molecule has 1 N–H and O–H groups in total. The highest BCUT2D eigenvalue weighted by Crippen LogP contribution is 2.67. The van der Waals surface area contributed by atoms with Crippen LogP contribution in [0.3, 0.4) is 0 Å². The number of hydrogen-bond donors (Lipinski definition) is 1. The average Bonchev–Trinajstić information content (AvgIpc) is 2.59. The molecule has 1 saturated carbocycles. The van der Waals surface area contributed by atoms with Crippen molar-refractivity contribution < 1.29 is 5.11 Å². The van der Waals surface area contributed by atoms with E-state index in [1.165, 1.54) is 0 Å². The molecule has 0 aromatic heterocycles. The lowest BCUT2D eigenvalue weighted by atomic mass is 10.00. The van der Waals surface area contributed by atoms with E-state index in [0.29, 0.717) is 11.8 Å². The van der Waals surface area contributed by atoms with Crippen LogP contribution in [0.5, 0.6) is 0 Å². The molecule has 2 aliphatic rings. The summed E-state index contributed by atoms with van der Waals surface area (Å²) in [5.74, 6) is 1.31. The molecular formula is C10H15BrO. The first-order valence-corrected chi connectivity index (χ1v) is 5.33. The smallest absolute Gasteiger partial charge is 0.0750 e. The van der Waals surface area contributed by atoms with Crippen molar-refractivity contribution in [1.29, 1.82) is 0 Å². The average molecular weight is 231 g/mol. The molecule has 1 nitrogen and oxygen atoms in total. The van der Waals surface area contributed by atoms with Gasteiger partial charge >= 0.3 is 0 Å². The third-order valence-corrected chi connectivity index (χ3v) is 5.49. The van der Waals surface area contributed by atoms with Crippen LogP contribution in [0.15, 0.2) is 12.2 Å². The van der Waals surface area contributed by atoms with E-state index in [0.717, 1.165) is 12.8 Å². The van der Waals surface area contributed by atoms with Crippen molar-refractivity contribution in [3.8, 4) is 0 Å². The predicted octanol–water partition coefficient (Wildman–Crippen LogP) is 2.49. The Hall–Kier alpha value is 0.180. The molecule has 3 atom stereocenters. The number of halogens is 1. The molecule has 0 aliphatic heterocycles. The molecular weight excluding hydrogens is 216 g/mol. The minimum Gasteiger partial charge on any atom is -0.389 e. The van der Waals surface area contributed by atoms with E-state index in [9.17, 15) is 5.11 Å². The lowest BCUT2D eigenvalue weighted by Gasteiger charge is -2.25. The Kier molecular flexibility index (Phi) is 1.72. The second-order valence-corrected chi connectivity index (χ2v) is 5.80. The fourth-order valence-corrected chi connectivity index (χ4v) is 3.44. The summed E-state index contributed by atoms with van der Waals surface area (Å²) in [5, 5.41) is 9.97. The number of alkyl halides is 1. The summed E-state index contributed by atoms with van der Waals surface area (Å²) in [7, 11) is 0. The third-order valence-electron chi connectivity index (χ3n) is 3.34. The molecule has 2 rings (SSSR count). The van der Waals surface area contributed by atoms with Gasteiger partial charge in [-0.1, -0.05) is 28.1 Å². The second kappa shape index (κ2) is 2.36. The summed E-state index contributed by atoms with van der Waals surface area (Å²) in [6, 6.07) is 0. The Balaban J connectivity index is 2.19. The zero-order valence-corrected chi connectivity index (χ0v) is 9.13. The normalized spacial score (nSPS) is 45.7. The molecule has 0 saturated heterocycles. The SMILES string of the molecule is CC(C)(O)C1(Br)[C@@H]2CC=CC[C@@H]21. The highest BCUT2D eigenvalue weighted by molar-refractivity contribution is 9.10. The van der Waals surface area contributed by atoms with E-state index in [-0.39, 0.29) is 4.32 Å². The number of aliphatic hydroxyl groups is 1. The fourth-order valence-electron chi connectivity index (χ4n) is 2.56. The summed E-state index contributed by atoms with van der Waals surface area (Å²) in [4.78, 5) is 0. The van der Waals surface area contributed by atoms with Gasteiger partial charge in [0.05, 0.1) is 9.93 Å². The van der Waals surface area contributed by atoms with Gasteiger partial charge < -0.3 is 5.11 Å². The van der Waals surface area contributed by atoms with Crippen LogP contribution in [0.25, 0.3) is 0 Å². The van der Waals surface area contributed by atoms with E-state index in [1.807, 2.05) is 13.8 Å². The highest BCUT2D eigenvalue weighted by atomic mass is 79.9. The summed E-state index contributed by atoms with van der Waals surface area (Å²) in [6.45, 7) is 3.81. The van der Waals surface area contributed by atoms with Crippen LogP contribution in [-0.2, 0) is 0 Å². The largest absolute Gasteiger partial charge is 0.389 e. The molecule has 0 amide bonds. The maximum absolute atomic E-state index is 9.97. The van der Waals surface area contributed by atoms with E-state index >= 15 is 0 Å². The van der Waals surface area contributed by atoms with E-state index < -0.39 is 5.60 Å². The molecule has 2 aliphatic carbocycles. The molecule has 0 spiro atoms. The zero-order valence-electron chi connectivity index (χ0n) is 7.55. The minimum absolute atomic E-state index is 0.0104. The van der Waals surface area contributed by atoms with Gasteiger partial charge in [0.25, 0.3) is 0 Å². The van der Waals surface area contributed by atoms with Gasteiger partial charge in [0.15, 0.2) is 0 Å². The van der Waals surface area contributed by atoms with Gasteiger partial charge in [-0.3, -0.25) is 0 Å². The van der Waals surface area contributed by atoms with Gasteiger partial charge in [-0.2, -0.15) is 0 Å². The van der Waals surface area contributed by atoms with Crippen LogP contribution in [0, 0.1) is 11.8 Å². The lowest BCUT2D eigenvalue weighted by molar-refractivity contribution is 0.0639. The van der Waals surface area contributed by atoms with E-state index in [2.05, 4.69) is 28.1 Å². The predicted molar refractivity (Wildman–Crippen MR) is 53.3 cm³/mol. The molecule has 0 heterocycles. The molecule has 68 valence electrons. The highest BCUT2D eigenvalue weighted by Gasteiger charge is 2.68. The van der Waals surface area contributed by atoms with Crippen LogP contribution in [-0.4, -0.2) is 15.0 Å². The Labute approximate surface area is 82.0 Å². The summed E-state index contributed by atoms with van der Waals surface area (Å²) in [6.07, 6.45) is 6.71. The van der Waals surface area contributed by atoms with Crippen LogP contribution in [0.2, 0.25) is 0 Å². The molecule has 12 heavy (non-hydrogen) atoms. The molecule has 0 bridgehead atoms. The lowest BCUT2D eigenvalue weighted by Crippen LogP contribution is -2.36. The molecule has 0 aromatic carbocycles. The first-order valence-electron chi connectivity index (χ1n) is 4.54. The topological polar surface area (TPSA) is 20.2 Å². The quantitative estimate of drug-likeness (QED) is 0.543. The maximum atomic E-state index is 9.97. The van der Waals surface area contributed by atoms with Gasteiger partial charge in [0, 0.05) is 0 Å². The Morgan fingerprint density at radius 2 is 1.75 bits per heavy atom. The van der Waals surface area contributed by atoms with Crippen LogP contribution in [0.4, 0.5) is 0 Å². The van der Waals surface area contributed by atoms with Crippen molar-refractivity contribution in [3.63, 3.8) is 0 Å². The van der Waals surface area contributed by atoms with Crippen molar-refractivity contribution in [2.45, 2.75) is 36.6 Å². The molecule has 1 fully saturated rings. The van der Waals surface area contributed by atoms with Gasteiger partial charge in [-0.05, 0) is 38.5 Å². The molecule has 0 aromatic rings. The van der Waals surface area contributed by atoms with Crippen molar-refractivity contribution in [1.82, 2.24) is 0 Å². The summed E-state index contributed by atoms with van der Waals surface area (Å²) >= 11 is 3.71. The Bertz CT molecular complexity index is 212. The maximum Gasteiger partial charge on any atom is 0.0750 e. The van der Waals surface area contributed by atoms with Crippen molar-refractivity contribution in [2.75, 3.05) is 0 Å². The van der Waals surface area contributed by atoms with E-state index in [1.54, 1.807) is 0 Å². The second-order valence-electron chi connectivity index (χ2n) is 4.48. The van der Waals surface area contributed by atoms with Crippen LogP contribution < -0.4 is 0 Å². The zero-order chi connectivity index (χ0) is 8.98. The minimum atomic E-state index is -0.589. The number of rotatable bonds is 1. The van der Waals surface area contributed by atoms with Crippen LogP contribution >= 0.6 is 15.9 Å². The summed E-state index contributed by atoms with van der Waals surface area (Å²) in [5.41, 5.74) is -0.589. The van der Waals surface area contributed by atoms with Crippen molar-refractivity contribution in [3.05, 3.63) is 12.2 Å². The van der Waals surface area contributed by atoms with Gasteiger partial charge in [-0.15, -0.1) is 0 Å². The number of fused-ring (bicyclic) bond motifs is 1. The number of hydrogen-bond acceptors (Lipinski definition) is 1. The Morgan fingerprint density at radius 1 is 1.33 bits per heavy atom. The molecule has 2 heteroatoms. The summed E-state index contributed by atoms with van der Waals surface area (Å²) < 4.78 is -0.0104. The third kappa shape index (κ3) is 0.942. The fraction of sp³-hybridized carbons (Fsp3) is 0.800. The van der Waals surface area contributed by atoms with Crippen LogP contribution in [0.1, 0.15) is 26.7 Å². The molecule has 1 unspecified atom stereocenters. The molecule has 0 radical (unpaired) electrons. The van der Waals surface area contributed by atoms with Gasteiger partial charge in [-0.25, -0.2) is 0 Å². The first kappa shape index (κ1) is 8.76. The first-order chi connectivity index (χ1) is 5.48. The number of allylic oxidation sites excluding steroid dienone is 2. The van der Waals surface area contributed by atoms with Gasteiger partial charge in [0.2, 0.25) is 0 Å². The van der Waals surface area contributed by atoms with Gasteiger partial charge in [0.1, 0.15) is 0 Å². The standard InChI is InChI=1S/C10H15BrO/c1-9(2,12)10(11)7-5-3-4-6-8(7)10/h3-4,7-8,12H,5-6H2,1-2H3/t7-,8+,10?.